The zero-order valence-electron chi connectivity index (χ0n) is 9.17. The zero-order valence-corrected chi connectivity index (χ0v) is 9.17. The lowest BCUT2D eigenvalue weighted by Crippen LogP contribution is -2.26. The zero-order chi connectivity index (χ0) is 9.38. The van der Waals surface area contributed by atoms with E-state index >= 15 is 0 Å². The molecule has 1 nitrogen and oxygen atoms in total. The Labute approximate surface area is 87.7 Å². The molecule has 0 amide bonds. The van der Waals surface area contributed by atoms with Crippen molar-refractivity contribution in [2.45, 2.75) is 44.9 Å². The van der Waals surface area contributed by atoms with Crippen molar-refractivity contribution < 1.29 is 0 Å². The summed E-state index contributed by atoms with van der Waals surface area (Å²) >= 11 is 0. The molecule has 3 saturated carbocycles. The molecule has 3 aliphatic rings. The van der Waals surface area contributed by atoms with Gasteiger partial charge in [-0.15, -0.1) is 0 Å². The molecular weight excluding hydrogens is 170 g/mol. The predicted molar refractivity (Wildman–Crippen MR) is 59.1 cm³/mol. The molecule has 0 aromatic rings. The molecule has 0 heterocycles. The molecule has 0 aromatic carbocycles. The first-order chi connectivity index (χ1) is 6.93. The molecule has 0 aliphatic heterocycles. The first kappa shape index (κ1) is 9.21. The summed E-state index contributed by atoms with van der Waals surface area (Å²) < 4.78 is 0. The van der Waals surface area contributed by atoms with Crippen LogP contribution in [0.25, 0.3) is 0 Å². The van der Waals surface area contributed by atoms with E-state index in [9.17, 15) is 0 Å². The monoisotopic (exact) mass is 193 g/mol. The van der Waals surface area contributed by atoms with Crippen LogP contribution in [0.1, 0.15) is 44.9 Å². The fourth-order valence-electron chi connectivity index (χ4n) is 2.75. The molecular formula is C13H23N. The van der Waals surface area contributed by atoms with E-state index in [1.54, 1.807) is 0 Å². The lowest BCUT2D eigenvalue weighted by Gasteiger charge is -2.15. The van der Waals surface area contributed by atoms with Crippen molar-refractivity contribution >= 4 is 0 Å². The van der Waals surface area contributed by atoms with E-state index in [1.807, 2.05) is 0 Å². The first-order valence-corrected chi connectivity index (χ1v) is 6.64. The Bertz CT molecular complexity index is 177. The minimum atomic E-state index is 1.06. The fraction of sp³-hybridized carbons (Fsp3) is 1.00. The summed E-state index contributed by atoms with van der Waals surface area (Å²) in [6.45, 7) is 2.63. The molecule has 1 N–H and O–H groups in total. The van der Waals surface area contributed by atoms with Crippen LogP contribution in [0.15, 0.2) is 0 Å². The van der Waals surface area contributed by atoms with E-state index < -0.39 is 0 Å². The van der Waals surface area contributed by atoms with Gasteiger partial charge in [0.1, 0.15) is 0 Å². The second kappa shape index (κ2) is 3.84. The van der Waals surface area contributed by atoms with Crippen LogP contribution in [0.3, 0.4) is 0 Å². The molecule has 1 heteroatoms. The molecule has 0 spiro atoms. The van der Waals surface area contributed by atoms with Gasteiger partial charge in [-0.25, -0.2) is 0 Å². The molecule has 14 heavy (non-hydrogen) atoms. The second-order valence-electron chi connectivity index (χ2n) is 5.77. The third-order valence-electron chi connectivity index (χ3n) is 4.26. The van der Waals surface area contributed by atoms with Crippen molar-refractivity contribution in [2.24, 2.45) is 23.7 Å². The highest BCUT2D eigenvalue weighted by atomic mass is 14.9. The largest absolute Gasteiger partial charge is 0.316 e. The van der Waals surface area contributed by atoms with Gasteiger partial charge in [-0.05, 0) is 68.9 Å². The van der Waals surface area contributed by atoms with Gasteiger partial charge in [0.05, 0.1) is 0 Å². The Morgan fingerprint density at radius 1 is 0.929 bits per heavy atom. The molecule has 0 atom stereocenters. The van der Waals surface area contributed by atoms with Gasteiger partial charge in [0.2, 0.25) is 0 Å². The summed E-state index contributed by atoms with van der Waals surface area (Å²) in [5.74, 6) is 4.41. The van der Waals surface area contributed by atoms with Crippen LogP contribution in [-0.4, -0.2) is 13.1 Å². The van der Waals surface area contributed by atoms with Gasteiger partial charge >= 0.3 is 0 Å². The minimum Gasteiger partial charge on any atom is -0.316 e. The quantitative estimate of drug-likeness (QED) is 0.613. The van der Waals surface area contributed by atoms with Gasteiger partial charge in [0.25, 0.3) is 0 Å². The maximum atomic E-state index is 3.70. The fourth-order valence-corrected chi connectivity index (χ4v) is 2.75. The van der Waals surface area contributed by atoms with Gasteiger partial charge in [-0.2, -0.15) is 0 Å². The lowest BCUT2D eigenvalue weighted by atomic mass is 9.98. The molecule has 0 bridgehead atoms. The Balaban J connectivity index is 1.32. The van der Waals surface area contributed by atoms with Gasteiger partial charge in [0, 0.05) is 0 Å². The van der Waals surface area contributed by atoms with Crippen LogP contribution in [0.4, 0.5) is 0 Å². The topological polar surface area (TPSA) is 12.0 Å². The highest BCUT2D eigenvalue weighted by Gasteiger charge is 2.40. The third kappa shape index (κ3) is 2.50. The van der Waals surface area contributed by atoms with Crippen LogP contribution < -0.4 is 5.32 Å². The molecule has 0 unspecified atom stereocenters. The van der Waals surface area contributed by atoms with Crippen molar-refractivity contribution in [3.05, 3.63) is 0 Å². The average molecular weight is 193 g/mol. The number of rotatable bonds is 7. The molecule has 3 fully saturated rings. The van der Waals surface area contributed by atoms with Crippen molar-refractivity contribution in [3.63, 3.8) is 0 Å². The Morgan fingerprint density at radius 3 is 2.07 bits per heavy atom. The van der Waals surface area contributed by atoms with E-state index in [-0.39, 0.29) is 0 Å². The second-order valence-corrected chi connectivity index (χ2v) is 5.77. The van der Waals surface area contributed by atoms with Crippen molar-refractivity contribution in [1.82, 2.24) is 5.32 Å². The molecule has 0 saturated heterocycles. The van der Waals surface area contributed by atoms with E-state index in [4.69, 9.17) is 0 Å². The van der Waals surface area contributed by atoms with E-state index in [0.717, 1.165) is 23.7 Å². The normalized spacial score (nSPS) is 27.2. The van der Waals surface area contributed by atoms with Gasteiger partial charge in [-0.1, -0.05) is 12.8 Å². The van der Waals surface area contributed by atoms with E-state index in [1.165, 1.54) is 58.0 Å². The van der Waals surface area contributed by atoms with Crippen LogP contribution in [0, 0.1) is 23.7 Å². The molecule has 3 aliphatic carbocycles. The van der Waals surface area contributed by atoms with Crippen LogP contribution >= 0.6 is 0 Å². The highest BCUT2D eigenvalue weighted by molar-refractivity contribution is 4.92. The van der Waals surface area contributed by atoms with E-state index in [2.05, 4.69) is 5.32 Å². The maximum Gasteiger partial charge on any atom is -0.00152 e. The number of hydrogen-bond donors (Lipinski definition) is 1. The smallest absolute Gasteiger partial charge is 0.00152 e. The van der Waals surface area contributed by atoms with Gasteiger partial charge in [-0.3, -0.25) is 0 Å². The lowest BCUT2D eigenvalue weighted by molar-refractivity contribution is 0.376. The minimum absolute atomic E-state index is 1.06. The molecule has 80 valence electrons. The Hall–Kier alpha value is -0.0400. The molecule has 0 radical (unpaired) electrons. The van der Waals surface area contributed by atoms with Crippen molar-refractivity contribution in [3.8, 4) is 0 Å². The SMILES string of the molecule is C(CC1CC1)NCC(C1CC1)C1CC1. The van der Waals surface area contributed by atoms with Crippen LogP contribution in [0.5, 0.6) is 0 Å². The summed E-state index contributed by atoms with van der Waals surface area (Å²) in [7, 11) is 0. The summed E-state index contributed by atoms with van der Waals surface area (Å²) in [6.07, 6.45) is 10.6. The van der Waals surface area contributed by atoms with Crippen LogP contribution in [-0.2, 0) is 0 Å². The summed E-state index contributed by atoms with van der Waals surface area (Å²) in [5, 5.41) is 3.70. The predicted octanol–water partition coefficient (Wildman–Crippen LogP) is 2.81. The number of hydrogen-bond acceptors (Lipinski definition) is 1. The number of nitrogens with one attached hydrogen (secondary N) is 1. The summed E-state index contributed by atoms with van der Waals surface area (Å²) in [4.78, 5) is 0. The molecule has 3 rings (SSSR count). The summed E-state index contributed by atoms with van der Waals surface area (Å²) in [5.41, 5.74) is 0. The average Bonchev–Trinajstić information content (AvgIpc) is 2.96. The van der Waals surface area contributed by atoms with E-state index in [0.29, 0.717) is 0 Å². The Kier molecular flexibility index (Phi) is 2.53. The van der Waals surface area contributed by atoms with Crippen molar-refractivity contribution in [1.29, 1.82) is 0 Å². The highest BCUT2D eigenvalue weighted by Crippen LogP contribution is 2.48. The molecule has 0 aromatic heterocycles. The Morgan fingerprint density at radius 2 is 1.57 bits per heavy atom. The van der Waals surface area contributed by atoms with Crippen LogP contribution in [0.2, 0.25) is 0 Å². The first-order valence-electron chi connectivity index (χ1n) is 6.64. The van der Waals surface area contributed by atoms with Gasteiger partial charge < -0.3 is 5.32 Å². The van der Waals surface area contributed by atoms with Gasteiger partial charge in [0.15, 0.2) is 0 Å². The van der Waals surface area contributed by atoms with Crippen molar-refractivity contribution in [2.75, 3.05) is 13.1 Å². The standard InChI is InChI=1S/C13H23N/c1-2-10(1)7-8-14-9-13(11-3-4-11)12-5-6-12/h10-14H,1-9H2. The summed E-state index contributed by atoms with van der Waals surface area (Å²) in [6, 6.07) is 0. The maximum absolute atomic E-state index is 3.70. The third-order valence-corrected chi connectivity index (χ3v) is 4.26.